The van der Waals surface area contributed by atoms with E-state index in [1.54, 1.807) is 36.3 Å². The number of ether oxygens (including phenoxy) is 1. The molecule has 184 valence electrons. The van der Waals surface area contributed by atoms with E-state index in [0.29, 0.717) is 43.9 Å². The molecule has 34 heavy (non-hydrogen) atoms. The third kappa shape index (κ3) is 5.44. The second kappa shape index (κ2) is 10.6. The molecule has 1 aromatic heterocycles. The predicted molar refractivity (Wildman–Crippen MR) is 128 cm³/mol. The lowest BCUT2D eigenvalue weighted by molar-refractivity contribution is -0.120. The van der Waals surface area contributed by atoms with Crippen LogP contribution in [-0.4, -0.2) is 67.7 Å². The number of H-pyrrole nitrogens is 1. The standard InChI is InChI=1S/C24H32N4O5S/c1-33-20-10-6-9-19(14-20)26-23(29)18-8-7-13-28(17-18)34(31,32)21-15-22(25-16-21)24(30)27-11-4-2-3-5-12-27/h6,9-10,14-16,18,25H,2-5,7-8,11-13,17H2,1H3,(H,26,29)/t18-/m1/s1. The summed E-state index contributed by atoms with van der Waals surface area (Å²) in [5, 5.41) is 2.86. The molecule has 4 rings (SSSR count). The quantitative estimate of drug-likeness (QED) is 0.649. The van der Waals surface area contributed by atoms with E-state index < -0.39 is 15.9 Å². The number of anilines is 1. The minimum atomic E-state index is -3.83. The molecule has 2 saturated heterocycles. The normalized spacial score (nSPS) is 19.9. The van der Waals surface area contributed by atoms with Crippen LogP contribution in [0, 0.1) is 5.92 Å². The lowest BCUT2D eigenvalue weighted by atomic mass is 9.98. The Hall–Kier alpha value is -2.85. The number of carbonyl (C=O) groups excluding carboxylic acids is 2. The van der Waals surface area contributed by atoms with Gasteiger partial charge in [0.15, 0.2) is 0 Å². The number of nitrogens with one attached hydrogen (secondary N) is 2. The molecule has 2 aliphatic heterocycles. The summed E-state index contributed by atoms with van der Waals surface area (Å²) in [4.78, 5) is 30.4. The maximum Gasteiger partial charge on any atom is 0.270 e. The number of carbonyl (C=O) groups is 2. The van der Waals surface area contributed by atoms with Crippen molar-refractivity contribution < 1.29 is 22.7 Å². The molecular formula is C24H32N4O5S. The van der Waals surface area contributed by atoms with E-state index >= 15 is 0 Å². The molecule has 0 spiro atoms. The maximum absolute atomic E-state index is 13.3. The van der Waals surface area contributed by atoms with Crippen molar-refractivity contribution in [2.75, 3.05) is 38.6 Å². The average molecular weight is 489 g/mol. The highest BCUT2D eigenvalue weighted by molar-refractivity contribution is 7.89. The molecule has 2 fully saturated rings. The van der Waals surface area contributed by atoms with Crippen LogP contribution in [0.25, 0.3) is 0 Å². The first-order valence-electron chi connectivity index (χ1n) is 11.8. The van der Waals surface area contributed by atoms with Gasteiger partial charge in [0, 0.05) is 44.1 Å². The summed E-state index contributed by atoms with van der Waals surface area (Å²) in [6.45, 7) is 1.82. The Balaban J connectivity index is 1.43. The zero-order chi connectivity index (χ0) is 24.1. The molecule has 9 nitrogen and oxygen atoms in total. The van der Waals surface area contributed by atoms with E-state index in [-0.39, 0.29) is 28.9 Å². The molecule has 1 aromatic carbocycles. The Bertz CT molecular complexity index is 1120. The van der Waals surface area contributed by atoms with Crippen molar-refractivity contribution in [3.05, 3.63) is 42.2 Å². The number of rotatable bonds is 6. The van der Waals surface area contributed by atoms with Gasteiger partial charge in [0.2, 0.25) is 15.9 Å². The van der Waals surface area contributed by atoms with Gasteiger partial charge in [0.1, 0.15) is 16.3 Å². The van der Waals surface area contributed by atoms with Gasteiger partial charge in [-0.1, -0.05) is 18.9 Å². The predicted octanol–water partition coefficient (Wildman–Crippen LogP) is 3.08. The number of hydrogen-bond donors (Lipinski definition) is 2. The number of sulfonamides is 1. The number of methoxy groups -OCH3 is 1. The van der Waals surface area contributed by atoms with E-state index in [2.05, 4.69) is 10.3 Å². The molecule has 2 aliphatic rings. The largest absolute Gasteiger partial charge is 0.497 e. The number of aromatic amines is 1. The van der Waals surface area contributed by atoms with Gasteiger partial charge in [-0.2, -0.15) is 4.31 Å². The molecule has 2 aromatic rings. The Morgan fingerprint density at radius 2 is 1.82 bits per heavy atom. The zero-order valence-electron chi connectivity index (χ0n) is 19.5. The molecule has 0 aliphatic carbocycles. The van der Waals surface area contributed by atoms with Crippen LogP contribution in [0.1, 0.15) is 49.0 Å². The summed E-state index contributed by atoms with van der Waals surface area (Å²) in [5.41, 5.74) is 0.886. The van der Waals surface area contributed by atoms with Crippen LogP contribution in [-0.2, 0) is 14.8 Å². The number of piperidine rings is 1. The van der Waals surface area contributed by atoms with E-state index in [4.69, 9.17) is 4.74 Å². The Kier molecular flexibility index (Phi) is 7.57. The van der Waals surface area contributed by atoms with E-state index in [1.165, 1.54) is 16.6 Å². The SMILES string of the molecule is COc1cccc(NC(=O)[C@@H]2CCCN(S(=O)(=O)c3c[nH]c(C(=O)N4CCCCCC4)c3)C2)c1. The Morgan fingerprint density at radius 3 is 2.56 bits per heavy atom. The van der Waals surface area contributed by atoms with Gasteiger partial charge >= 0.3 is 0 Å². The van der Waals surface area contributed by atoms with Crippen LogP contribution in [0.4, 0.5) is 5.69 Å². The summed E-state index contributed by atoms with van der Waals surface area (Å²) in [6, 6.07) is 8.47. The fourth-order valence-corrected chi connectivity index (χ4v) is 6.08. The fourth-order valence-electron chi connectivity index (χ4n) is 4.56. The van der Waals surface area contributed by atoms with Gasteiger partial charge in [-0.25, -0.2) is 8.42 Å². The average Bonchev–Trinajstić information content (AvgIpc) is 3.21. The first-order valence-corrected chi connectivity index (χ1v) is 13.3. The lowest BCUT2D eigenvalue weighted by Gasteiger charge is -2.31. The molecule has 2 amide bonds. The minimum Gasteiger partial charge on any atom is -0.497 e. The van der Waals surface area contributed by atoms with Crippen molar-refractivity contribution in [2.24, 2.45) is 5.92 Å². The first kappa shape index (κ1) is 24.3. The summed E-state index contributed by atoms with van der Waals surface area (Å²) in [5.74, 6) is -0.229. The van der Waals surface area contributed by atoms with Gasteiger partial charge in [-0.15, -0.1) is 0 Å². The molecule has 10 heteroatoms. The van der Waals surface area contributed by atoms with Gasteiger partial charge < -0.3 is 19.9 Å². The van der Waals surface area contributed by atoms with Crippen molar-refractivity contribution in [3.8, 4) is 5.75 Å². The summed E-state index contributed by atoms with van der Waals surface area (Å²) >= 11 is 0. The van der Waals surface area contributed by atoms with E-state index in [9.17, 15) is 18.0 Å². The van der Waals surface area contributed by atoms with Gasteiger partial charge in [-0.3, -0.25) is 9.59 Å². The van der Waals surface area contributed by atoms with Crippen LogP contribution in [0.2, 0.25) is 0 Å². The van der Waals surface area contributed by atoms with Gasteiger partial charge in [-0.05, 0) is 43.9 Å². The topological polar surface area (TPSA) is 112 Å². The highest BCUT2D eigenvalue weighted by atomic mass is 32.2. The van der Waals surface area contributed by atoms with E-state index in [0.717, 1.165) is 25.7 Å². The van der Waals surface area contributed by atoms with Gasteiger partial charge in [0.05, 0.1) is 13.0 Å². The second-order valence-corrected chi connectivity index (χ2v) is 10.8. The molecule has 1 atom stereocenters. The van der Waals surface area contributed by atoms with Gasteiger partial charge in [0.25, 0.3) is 5.91 Å². The minimum absolute atomic E-state index is 0.0551. The lowest BCUT2D eigenvalue weighted by Crippen LogP contribution is -2.43. The number of benzene rings is 1. The number of aromatic nitrogens is 1. The monoisotopic (exact) mass is 488 g/mol. The molecule has 0 unspecified atom stereocenters. The highest BCUT2D eigenvalue weighted by Gasteiger charge is 2.34. The van der Waals surface area contributed by atoms with Crippen molar-refractivity contribution in [3.63, 3.8) is 0 Å². The molecular weight excluding hydrogens is 456 g/mol. The molecule has 0 saturated carbocycles. The van der Waals surface area contributed by atoms with E-state index in [1.807, 2.05) is 0 Å². The third-order valence-corrected chi connectivity index (χ3v) is 8.35. The molecule has 3 heterocycles. The summed E-state index contributed by atoms with van der Waals surface area (Å²) in [6.07, 6.45) is 6.70. The number of likely N-dealkylation sites (tertiary alicyclic amines) is 1. The van der Waals surface area contributed by atoms with Crippen LogP contribution in [0.5, 0.6) is 5.75 Å². The summed E-state index contributed by atoms with van der Waals surface area (Å²) in [7, 11) is -2.28. The second-order valence-electron chi connectivity index (χ2n) is 8.88. The number of amides is 2. The Labute approximate surface area is 200 Å². The smallest absolute Gasteiger partial charge is 0.270 e. The number of hydrogen-bond acceptors (Lipinski definition) is 5. The van der Waals surface area contributed by atoms with Crippen LogP contribution >= 0.6 is 0 Å². The first-order chi connectivity index (χ1) is 16.4. The Morgan fingerprint density at radius 1 is 1.06 bits per heavy atom. The molecule has 0 radical (unpaired) electrons. The van der Waals surface area contributed by atoms with Crippen LogP contribution in [0.15, 0.2) is 41.4 Å². The molecule has 2 N–H and O–H groups in total. The van der Waals surface area contributed by atoms with Crippen molar-refractivity contribution in [2.45, 2.75) is 43.4 Å². The van der Waals surface area contributed by atoms with Crippen molar-refractivity contribution >= 4 is 27.5 Å². The van der Waals surface area contributed by atoms with Crippen molar-refractivity contribution in [1.82, 2.24) is 14.2 Å². The zero-order valence-corrected chi connectivity index (χ0v) is 20.3. The number of nitrogens with zero attached hydrogens (tertiary/aromatic N) is 2. The fraction of sp³-hybridized carbons (Fsp3) is 0.500. The van der Waals surface area contributed by atoms with Crippen LogP contribution < -0.4 is 10.1 Å². The highest BCUT2D eigenvalue weighted by Crippen LogP contribution is 2.26. The van der Waals surface area contributed by atoms with Crippen molar-refractivity contribution in [1.29, 1.82) is 0 Å². The summed E-state index contributed by atoms with van der Waals surface area (Å²) < 4.78 is 33.1. The molecule has 0 bridgehead atoms. The third-order valence-electron chi connectivity index (χ3n) is 6.51. The maximum atomic E-state index is 13.3. The van der Waals surface area contributed by atoms with Crippen LogP contribution in [0.3, 0.4) is 0 Å².